The van der Waals surface area contributed by atoms with Gasteiger partial charge in [-0.15, -0.1) is 0 Å². The Balaban J connectivity index is 2.38. The Morgan fingerprint density at radius 3 is 2.44 bits per heavy atom. The molecule has 0 aromatic heterocycles. The third-order valence-corrected chi connectivity index (χ3v) is 2.92. The molecule has 0 aliphatic carbocycles. The number of hydrogen-bond acceptors (Lipinski definition) is 3. The van der Waals surface area contributed by atoms with Crippen LogP contribution in [0.3, 0.4) is 0 Å². The van der Waals surface area contributed by atoms with E-state index in [2.05, 4.69) is 6.07 Å². The lowest BCUT2D eigenvalue weighted by Crippen LogP contribution is -2.01. The first-order valence-corrected chi connectivity index (χ1v) is 5.85. The van der Waals surface area contributed by atoms with Crippen molar-refractivity contribution in [3.8, 4) is 5.75 Å². The highest BCUT2D eigenvalue weighted by atomic mass is 16.5. The number of carbonyl (C=O) groups excluding carboxylic acids is 1. The van der Waals surface area contributed by atoms with Crippen molar-refractivity contribution in [2.45, 2.75) is 20.0 Å². The van der Waals surface area contributed by atoms with Gasteiger partial charge in [0.05, 0.1) is 6.10 Å². The van der Waals surface area contributed by atoms with Gasteiger partial charge in [0.25, 0.3) is 0 Å². The van der Waals surface area contributed by atoms with Crippen LogP contribution in [0.2, 0.25) is 0 Å². The van der Waals surface area contributed by atoms with Crippen LogP contribution in [0, 0.1) is 0 Å². The van der Waals surface area contributed by atoms with Crippen molar-refractivity contribution in [1.82, 2.24) is 0 Å². The Morgan fingerprint density at radius 1 is 1.11 bits per heavy atom. The van der Waals surface area contributed by atoms with Gasteiger partial charge in [-0.1, -0.05) is 18.2 Å². The molecule has 0 amide bonds. The fourth-order valence-corrected chi connectivity index (χ4v) is 1.86. The number of fused-ring (bicyclic) bond motifs is 1. The number of carbonyl (C=O) groups is 1. The Labute approximate surface area is 106 Å². The minimum absolute atomic E-state index is 0.0718. The number of esters is 1. The van der Waals surface area contributed by atoms with Crippen LogP contribution in [0.25, 0.3) is 10.8 Å². The topological polar surface area (TPSA) is 35.5 Å². The maximum absolute atomic E-state index is 10.9. The maximum Gasteiger partial charge on any atom is 0.308 e. The predicted molar refractivity (Wildman–Crippen MR) is 70.7 cm³/mol. The highest BCUT2D eigenvalue weighted by Crippen LogP contribution is 2.25. The van der Waals surface area contributed by atoms with Crippen molar-refractivity contribution < 1.29 is 14.3 Å². The number of methoxy groups -OCH3 is 1. The Kier molecular flexibility index (Phi) is 3.63. The summed E-state index contributed by atoms with van der Waals surface area (Å²) in [5.74, 6) is 0.265. The van der Waals surface area contributed by atoms with Gasteiger partial charge in [-0.05, 0) is 41.5 Å². The van der Waals surface area contributed by atoms with E-state index in [0.717, 1.165) is 16.3 Å². The van der Waals surface area contributed by atoms with Crippen LogP contribution >= 0.6 is 0 Å². The monoisotopic (exact) mass is 244 g/mol. The molecule has 0 saturated carbocycles. The van der Waals surface area contributed by atoms with Crippen molar-refractivity contribution >= 4 is 16.7 Å². The van der Waals surface area contributed by atoms with E-state index in [9.17, 15) is 4.79 Å². The molecular weight excluding hydrogens is 228 g/mol. The molecule has 18 heavy (non-hydrogen) atoms. The van der Waals surface area contributed by atoms with Gasteiger partial charge in [-0.3, -0.25) is 4.79 Å². The molecule has 0 aliphatic heterocycles. The van der Waals surface area contributed by atoms with Crippen molar-refractivity contribution in [2.24, 2.45) is 0 Å². The van der Waals surface area contributed by atoms with Gasteiger partial charge in [0.2, 0.25) is 0 Å². The van der Waals surface area contributed by atoms with Crippen LogP contribution in [0.4, 0.5) is 0 Å². The van der Waals surface area contributed by atoms with Crippen molar-refractivity contribution in [2.75, 3.05) is 7.11 Å². The van der Waals surface area contributed by atoms with Gasteiger partial charge < -0.3 is 9.47 Å². The molecule has 2 aromatic rings. The molecule has 0 bridgehead atoms. The average molecular weight is 244 g/mol. The molecule has 3 heteroatoms. The highest BCUT2D eigenvalue weighted by molar-refractivity contribution is 5.85. The van der Waals surface area contributed by atoms with Crippen molar-refractivity contribution in [1.29, 1.82) is 0 Å². The van der Waals surface area contributed by atoms with Crippen LogP contribution in [0.15, 0.2) is 36.4 Å². The molecule has 2 aromatic carbocycles. The molecule has 94 valence electrons. The smallest absolute Gasteiger partial charge is 0.308 e. The van der Waals surface area contributed by atoms with E-state index in [1.165, 1.54) is 6.92 Å². The lowest BCUT2D eigenvalue weighted by atomic mass is 10.0. The quantitative estimate of drug-likeness (QED) is 0.612. The Hall–Kier alpha value is -1.87. The molecular formula is C15H16O3. The molecule has 0 heterocycles. The average Bonchev–Trinajstić information content (AvgIpc) is 2.36. The maximum atomic E-state index is 10.9. The summed E-state index contributed by atoms with van der Waals surface area (Å²) < 4.78 is 10.3. The molecule has 0 saturated heterocycles. The van der Waals surface area contributed by atoms with Gasteiger partial charge in [-0.2, -0.15) is 0 Å². The molecule has 0 spiro atoms. The minimum atomic E-state index is -0.307. The lowest BCUT2D eigenvalue weighted by Gasteiger charge is -2.11. The van der Waals surface area contributed by atoms with E-state index in [1.807, 2.05) is 31.2 Å². The number of ether oxygens (including phenoxy) is 2. The lowest BCUT2D eigenvalue weighted by molar-refractivity contribution is -0.131. The number of benzene rings is 2. The van der Waals surface area contributed by atoms with Gasteiger partial charge in [-0.25, -0.2) is 0 Å². The molecule has 1 atom stereocenters. The van der Waals surface area contributed by atoms with Gasteiger partial charge >= 0.3 is 5.97 Å². The molecule has 0 N–H and O–H groups in total. The molecule has 0 fully saturated rings. The molecule has 0 aliphatic rings. The normalized spacial score (nSPS) is 12.4. The highest BCUT2D eigenvalue weighted by Gasteiger charge is 2.05. The zero-order chi connectivity index (χ0) is 13.1. The van der Waals surface area contributed by atoms with Crippen LogP contribution < -0.4 is 4.74 Å². The fourth-order valence-electron chi connectivity index (χ4n) is 1.86. The molecule has 0 radical (unpaired) electrons. The van der Waals surface area contributed by atoms with E-state index >= 15 is 0 Å². The van der Waals surface area contributed by atoms with Gasteiger partial charge in [0.1, 0.15) is 5.75 Å². The third-order valence-electron chi connectivity index (χ3n) is 2.92. The second-order valence-corrected chi connectivity index (χ2v) is 4.24. The first-order valence-electron chi connectivity index (χ1n) is 5.85. The van der Waals surface area contributed by atoms with Crippen LogP contribution in [-0.2, 0) is 9.53 Å². The largest absolute Gasteiger partial charge is 0.427 e. The second-order valence-electron chi connectivity index (χ2n) is 4.24. The first kappa shape index (κ1) is 12.6. The Bertz CT molecular complexity index is 575. The first-order chi connectivity index (χ1) is 8.60. The summed E-state index contributed by atoms with van der Waals surface area (Å²) in [7, 11) is 1.69. The number of hydrogen-bond donors (Lipinski definition) is 0. The number of rotatable bonds is 3. The summed E-state index contributed by atoms with van der Waals surface area (Å²) in [5, 5.41) is 2.15. The third kappa shape index (κ3) is 2.68. The van der Waals surface area contributed by atoms with E-state index in [0.29, 0.717) is 5.75 Å². The molecule has 2 rings (SSSR count). The standard InChI is InChI=1S/C15H16O3/c1-10(17-3)12-4-5-14-9-15(18-11(2)16)7-6-13(14)8-12/h4-10H,1-3H3. The van der Waals surface area contributed by atoms with E-state index in [1.54, 1.807) is 13.2 Å². The summed E-state index contributed by atoms with van der Waals surface area (Å²) >= 11 is 0. The van der Waals surface area contributed by atoms with Gasteiger partial charge in [0, 0.05) is 14.0 Å². The van der Waals surface area contributed by atoms with E-state index in [4.69, 9.17) is 9.47 Å². The molecule has 3 nitrogen and oxygen atoms in total. The summed E-state index contributed by atoms with van der Waals surface area (Å²) in [4.78, 5) is 10.9. The zero-order valence-electron chi connectivity index (χ0n) is 10.8. The summed E-state index contributed by atoms with van der Waals surface area (Å²) in [6.07, 6.45) is 0.0718. The molecule has 1 unspecified atom stereocenters. The van der Waals surface area contributed by atoms with E-state index in [-0.39, 0.29) is 12.1 Å². The van der Waals surface area contributed by atoms with Crippen LogP contribution in [0.5, 0.6) is 5.75 Å². The SMILES string of the molecule is COC(C)c1ccc2cc(OC(C)=O)ccc2c1. The Morgan fingerprint density at radius 2 is 1.78 bits per heavy atom. The summed E-state index contributed by atoms with van der Waals surface area (Å²) in [6, 6.07) is 11.7. The van der Waals surface area contributed by atoms with Crippen molar-refractivity contribution in [3.63, 3.8) is 0 Å². The van der Waals surface area contributed by atoms with Crippen LogP contribution in [-0.4, -0.2) is 13.1 Å². The minimum Gasteiger partial charge on any atom is -0.427 e. The summed E-state index contributed by atoms with van der Waals surface area (Å²) in [5.41, 5.74) is 1.13. The van der Waals surface area contributed by atoms with E-state index < -0.39 is 0 Å². The predicted octanol–water partition coefficient (Wildman–Crippen LogP) is 3.47. The van der Waals surface area contributed by atoms with Gasteiger partial charge in [0.15, 0.2) is 0 Å². The van der Waals surface area contributed by atoms with Crippen LogP contribution in [0.1, 0.15) is 25.5 Å². The summed E-state index contributed by atoms with van der Waals surface area (Å²) in [6.45, 7) is 3.40. The van der Waals surface area contributed by atoms with Crippen molar-refractivity contribution in [3.05, 3.63) is 42.0 Å². The zero-order valence-corrected chi connectivity index (χ0v) is 10.8. The second kappa shape index (κ2) is 5.19. The fraction of sp³-hybridized carbons (Fsp3) is 0.267.